The van der Waals surface area contributed by atoms with E-state index in [0.29, 0.717) is 48.7 Å². The van der Waals surface area contributed by atoms with Gasteiger partial charge in [-0.15, -0.1) is 0 Å². The lowest BCUT2D eigenvalue weighted by Gasteiger charge is -2.29. The maximum absolute atomic E-state index is 12.6. The minimum Gasteiger partial charge on any atom is -0.497 e. The number of benzene rings is 2. The number of rotatable bonds is 6. The van der Waals surface area contributed by atoms with Gasteiger partial charge in [0.15, 0.2) is 6.61 Å². The number of nitriles is 1. The van der Waals surface area contributed by atoms with E-state index in [-0.39, 0.29) is 24.3 Å². The van der Waals surface area contributed by atoms with Crippen LogP contribution in [0.5, 0.6) is 11.5 Å². The molecule has 0 radical (unpaired) electrons. The van der Waals surface area contributed by atoms with E-state index in [2.05, 4.69) is 11.4 Å². The first-order valence-electron chi connectivity index (χ1n) is 9.44. The molecule has 0 saturated carbocycles. The van der Waals surface area contributed by atoms with Crippen LogP contribution in [0.25, 0.3) is 0 Å². The van der Waals surface area contributed by atoms with Gasteiger partial charge in [0.25, 0.3) is 11.8 Å². The molecule has 2 amide bonds. The third kappa shape index (κ3) is 5.48. The number of hydrogen-bond acceptors (Lipinski definition) is 5. The highest BCUT2D eigenvalue weighted by molar-refractivity contribution is 5.94. The second-order valence-electron chi connectivity index (χ2n) is 6.79. The van der Waals surface area contributed by atoms with Crippen LogP contribution in [0.1, 0.15) is 23.2 Å². The molecule has 2 aromatic carbocycles. The summed E-state index contributed by atoms with van der Waals surface area (Å²) >= 11 is 0. The summed E-state index contributed by atoms with van der Waals surface area (Å²) in [5.41, 5.74) is 1.19. The van der Waals surface area contributed by atoms with Crippen molar-refractivity contribution in [3.63, 3.8) is 0 Å². The van der Waals surface area contributed by atoms with Crippen LogP contribution < -0.4 is 14.8 Å². The normalized spacial score (nSPS) is 14.0. The van der Waals surface area contributed by atoms with Gasteiger partial charge in [-0.3, -0.25) is 9.59 Å². The molecule has 3 rings (SSSR count). The third-order valence-corrected chi connectivity index (χ3v) is 4.79. The summed E-state index contributed by atoms with van der Waals surface area (Å²) in [7, 11) is 1.56. The number of methoxy groups -OCH3 is 1. The summed E-state index contributed by atoms with van der Waals surface area (Å²) in [5, 5.41) is 11.7. The van der Waals surface area contributed by atoms with Gasteiger partial charge in [0.1, 0.15) is 11.5 Å². The summed E-state index contributed by atoms with van der Waals surface area (Å²) in [6.07, 6.45) is 1.43. The Morgan fingerprint density at radius 3 is 2.52 bits per heavy atom. The maximum atomic E-state index is 12.6. The largest absolute Gasteiger partial charge is 0.497 e. The Hall–Kier alpha value is -3.53. The maximum Gasteiger partial charge on any atom is 0.262 e. The van der Waals surface area contributed by atoms with Crippen molar-refractivity contribution in [3.05, 3.63) is 54.1 Å². The summed E-state index contributed by atoms with van der Waals surface area (Å²) in [6.45, 7) is 1.05. The fraction of sp³-hybridized carbons (Fsp3) is 0.318. The number of nitrogens with zero attached hydrogens (tertiary/aromatic N) is 2. The van der Waals surface area contributed by atoms with Crippen LogP contribution in [0.3, 0.4) is 0 Å². The summed E-state index contributed by atoms with van der Waals surface area (Å²) < 4.78 is 10.6. The number of ether oxygens (including phenoxy) is 2. The summed E-state index contributed by atoms with van der Waals surface area (Å²) in [4.78, 5) is 26.4. The van der Waals surface area contributed by atoms with E-state index in [1.54, 1.807) is 60.5 Å². The molecule has 0 bridgehead atoms. The van der Waals surface area contributed by atoms with Gasteiger partial charge in [-0.05, 0) is 49.2 Å². The first-order valence-corrected chi connectivity index (χ1v) is 9.44. The molecule has 0 unspecified atom stereocenters. The monoisotopic (exact) mass is 393 g/mol. The number of piperidine rings is 1. The van der Waals surface area contributed by atoms with Crippen molar-refractivity contribution >= 4 is 17.5 Å². The van der Waals surface area contributed by atoms with Gasteiger partial charge in [0.2, 0.25) is 0 Å². The summed E-state index contributed by atoms with van der Waals surface area (Å²) in [5.74, 6) is 0.853. The number of carbonyl (C=O) groups is 2. The Bertz CT molecular complexity index is 897. The van der Waals surface area contributed by atoms with Gasteiger partial charge in [0.05, 0.1) is 13.2 Å². The van der Waals surface area contributed by atoms with Crippen molar-refractivity contribution in [2.75, 3.05) is 32.1 Å². The van der Waals surface area contributed by atoms with E-state index in [9.17, 15) is 9.59 Å². The van der Waals surface area contributed by atoms with Crippen molar-refractivity contribution in [3.8, 4) is 17.6 Å². The highest BCUT2D eigenvalue weighted by Crippen LogP contribution is 2.20. The fourth-order valence-electron chi connectivity index (χ4n) is 3.13. The second-order valence-corrected chi connectivity index (χ2v) is 6.79. The zero-order valence-corrected chi connectivity index (χ0v) is 16.3. The van der Waals surface area contributed by atoms with Crippen LogP contribution >= 0.6 is 0 Å². The lowest BCUT2D eigenvalue weighted by atomic mass is 9.98. The molecule has 2 aromatic rings. The van der Waals surface area contributed by atoms with Crippen LogP contribution in [0.15, 0.2) is 48.5 Å². The molecular weight excluding hydrogens is 370 g/mol. The van der Waals surface area contributed by atoms with E-state index < -0.39 is 0 Å². The van der Waals surface area contributed by atoms with Gasteiger partial charge >= 0.3 is 0 Å². The second kappa shape index (κ2) is 9.60. The minimum atomic E-state index is -0.293. The van der Waals surface area contributed by atoms with E-state index in [1.165, 1.54) is 0 Å². The van der Waals surface area contributed by atoms with Crippen molar-refractivity contribution in [2.24, 2.45) is 5.92 Å². The van der Waals surface area contributed by atoms with Crippen LogP contribution in [0, 0.1) is 17.2 Å². The number of amides is 2. The number of hydrogen-bond donors (Lipinski definition) is 1. The molecule has 0 atom stereocenters. The van der Waals surface area contributed by atoms with Crippen molar-refractivity contribution < 1.29 is 19.1 Å². The first-order chi connectivity index (χ1) is 14.1. The number of nitrogens with one attached hydrogen (secondary N) is 1. The van der Waals surface area contributed by atoms with Gasteiger partial charge in [0, 0.05) is 36.3 Å². The molecule has 29 heavy (non-hydrogen) atoms. The Morgan fingerprint density at radius 1 is 1.14 bits per heavy atom. The smallest absolute Gasteiger partial charge is 0.262 e. The van der Waals surface area contributed by atoms with E-state index in [1.807, 2.05) is 0 Å². The minimum absolute atomic E-state index is 0.0398. The zero-order valence-electron chi connectivity index (χ0n) is 16.3. The van der Waals surface area contributed by atoms with Crippen LogP contribution in [-0.4, -0.2) is 43.5 Å². The molecule has 1 N–H and O–H groups in total. The van der Waals surface area contributed by atoms with Crippen LogP contribution in [-0.2, 0) is 4.79 Å². The molecule has 1 saturated heterocycles. The third-order valence-electron chi connectivity index (χ3n) is 4.79. The average Bonchev–Trinajstić information content (AvgIpc) is 2.77. The Balaban J connectivity index is 1.49. The van der Waals surface area contributed by atoms with Crippen molar-refractivity contribution in [2.45, 2.75) is 12.8 Å². The molecular formula is C22H23N3O4. The van der Waals surface area contributed by atoms with Gasteiger partial charge in [-0.2, -0.15) is 5.26 Å². The molecule has 1 fully saturated rings. The molecule has 1 aliphatic rings. The first kappa shape index (κ1) is 20.2. The predicted molar refractivity (Wildman–Crippen MR) is 108 cm³/mol. The lowest BCUT2D eigenvalue weighted by molar-refractivity contribution is -0.118. The molecule has 0 spiro atoms. The molecule has 7 nitrogen and oxygen atoms in total. The standard InChI is InChI=1S/C22H23N3O4/c1-28-20-4-2-3-18(13-20)24-21(26)15-29-19-7-5-17(6-8-19)22(27)25-11-9-16(14-23)10-12-25/h2-8,13,16H,9-12,15H2,1H3,(H,24,26). The number of carbonyl (C=O) groups excluding carboxylic acids is 2. The van der Waals surface area contributed by atoms with E-state index in [0.717, 1.165) is 0 Å². The topological polar surface area (TPSA) is 91.7 Å². The highest BCUT2D eigenvalue weighted by atomic mass is 16.5. The molecule has 1 heterocycles. The van der Waals surface area contributed by atoms with Crippen molar-refractivity contribution in [1.29, 1.82) is 5.26 Å². The van der Waals surface area contributed by atoms with Gasteiger partial charge < -0.3 is 19.7 Å². The molecule has 150 valence electrons. The van der Waals surface area contributed by atoms with Crippen LogP contribution in [0.2, 0.25) is 0 Å². The molecule has 0 aliphatic carbocycles. The average molecular weight is 393 g/mol. The lowest BCUT2D eigenvalue weighted by Crippen LogP contribution is -2.38. The fourth-order valence-corrected chi connectivity index (χ4v) is 3.13. The quantitative estimate of drug-likeness (QED) is 0.814. The van der Waals surface area contributed by atoms with Crippen molar-refractivity contribution in [1.82, 2.24) is 4.90 Å². The van der Waals surface area contributed by atoms with Gasteiger partial charge in [-0.1, -0.05) is 6.07 Å². The van der Waals surface area contributed by atoms with E-state index in [4.69, 9.17) is 14.7 Å². The van der Waals surface area contributed by atoms with Crippen LogP contribution in [0.4, 0.5) is 5.69 Å². The molecule has 0 aromatic heterocycles. The number of anilines is 1. The predicted octanol–water partition coefficient (Wildman–Crippen LogP) is 3.09. The van der Waals surface area contributed by atoms with Gasteiger partial charge in [-0.25, -0.2) is 0 Å². The Morgan fingerprint density at radius 2 is 1.86 bits per heavy atom. The zero-order chi connectivity index (χ0) is 20.6. The SMILES string of the molecule is COc1cccc(NC(=O)COc2ccc(C(=O)N3CCC(C#N)CC3)cc2)c1. The highest BCUT2D eigenvalue weighted by Gasteiger charge is 2.23. The molecule has 7 heteroatoms. The summed E-state index contributed by atoms with van der Waals surface area (Å²) in [6, 6.07) is 16.0. The Labute approximate surface area is 169 Å². The molecule has 1 aliphatic heterocycles. The Kier molecular flexibility index (Phi) is 6.69. The van der Waals surface area contributed by atoms with E-state index >= 15 is 0 Å². The number of likely N-dealkylation sites (tertiary alicyclic amines) is 1.